The average molecular weight is 375 g/mol. The number of nitrogens with one attached hydrogen (secondary N) is 1. The van der Waals surface area contributed by atoms with Crippen molar-refractivity contribution in [2.45, 2.75) is 19.9 Å². The smallest absolute Gasteiger partial charge is 0.293 e. The number of fused-ring (bicyclic) bond motifs is 2. The van der Waals surface area contributed by atoms with Crippen LogP contribution >= 0.6 is 0 Å². The van der Waals surface area contributed by atoms with Crippen LogP contribution in [0.25, 0.3) is 0 Å². The minimum absolute atomic E-state index is 0.114. The molecule has 2 unspecified atom stereocenters. The first-order valence-electron chi connectivity index (χ1n) is 8.74. The van der Waals surface area contributed by atoms with Crippen LogP contribution < -0.4 is 5.32 Å². The Morgan fingerprint density at radius 1 is 1.15 bits per heavy atom. The molecule has 3 heterocycles. The molecule has 0 spiro atoms. The molecule has 1 fully saturated rings. The summed E-state index contributed by atoms with van der Waals surface area (Å²) in [6.45, 7) is 3.26. The first-order chi connectivity index (χ1) is 12.5. The highest BCUT2D eigenvalue weighted by molar-refractivity contribution is 7.89. The summed E-state index contributed by atoms with van der Waals surface area (Å²) in [5.74, 6) is 1.26. The number of sulfonamides is 1. The summed E-state index contributed by atoms with van der Waals surface area (Å²) in [5, 5.41) is 11.1. The minimum atomic E-state index is -3.18. The molecule has 1 aromatic heterocycles. The highest BCUT2D eigenvalue weighted by Gasteiger charge is 2.42. The van der Waals surface area contributed by atoms with E-state index in [1.807, 2.05) is 34.9 Å². The van der Waals surface area contributed by atoms with Crippen molar-refractivity contribution in [3.05, 3.63) is 42.0 Å². The number of rotatable bonds is 4. The van der Waals surface area contributed by atoms with E-state index >= 15 is 0 Å². The Labute approximate surface area is 152 Å². The lowest BCUT2D eigenvalue weighted by Gasteiger charge is -2.25. The van der Waals surface area contributed by atoms with Gasteiger partial charge in [-0.3, -0.25) is 4.79 Å². The van der Waals surface area contributed by atoms with Crippen LogP contribution in [0.3, 0.4) is 0 Å². The number of nitrogens with zero attached hydrogens (tertiary/aromatic N) is 4. The van der Waals surface area contributed by atoms with E-state index in [-0.39, 0.29) is 29.3 Å². The maximum absolute atomic E-state index is 12.6. The summed E-state index contributed by atoms with van der Waals surface area (Å²) >= 11 is 0. The van der Waals surface area contributed by atoms with E-state index in [1.54, 1.807) is 11.2 Å². The van der Waals surface area contributed by atoms with E-state index in [4.69, 9.17) is 0 Å². The van der Waals surface area contributed by atoms with Crippen molar-refractivity contribution in [3.8, 4) is 0 Å². The fourth-order valence-corrected chi connectivity index (χ4v) is 4.97. The lowest BCUT2D eigenvalue weighted by molar-refractivity contribution is 0.100. The Morgan fingerprint density at radius 2 is 1.88 bits per heavy atom. The van der Waals surface area contributed by atoms with E-state index in [1.165, 1.54) is 0 Å². The van der Waals surface area contributed by atoms with Crippen LogP contribution in [0.15, 0.2) is 30.3 Å². The number of para-hydroxylation sites is 1. The predicted octanol–water partition coefficient (Wildman–Crippen LogP) is 0.984. The van der Waals surface area contributed by atoms with Gasteiger partial charge in [0.05, 0.1) is 5.75 Å². The van der Waals surface area contributed by atoms with Crippen LogP contribution in [-0.2, 0) is 23.0 Å². The lowest BCUT2D eigenvalue weighted by atomic mass is 9.89. The van der Waals surface area contributed by atoms with Crippen LogP contribution in [0.5, 0.6) is 0 Å². The van der Waals surface area contributed by atoms with Crippen molar-refractivity contribution in [1.82, 2.24) is 19.1 Å². The predicted molar refractivity (Wildman–Crippen MR) is 96.1 cm³/mol. The number of benzene rings is 1. The van der Waals surface area contributed by atoms with Crippen LogP contribution in [-0.4, -0.2) is 52.2 Å². The van der Waals surface area contributed by atoms with Gasteiger partial charge in [0.15, 0.2) is 0 Å². The first kappa shape index (κ1) is 17.2. The molecule has 2 aromatic rings. The maximum Gasteiger partial charge on any atom is 0.293 e. The molecule has 138 valence electrons. The fourth-order valence-electron chi connectivity index (χ4n) is 3.77. The maximum atomic E-state index is 12.6. The number of hydrogen-bond acceptors (Lipinski definition) is 5. The molecule has 1 saturated heterocycles. The standard InChI is InChI=1S/C17H21N5O3S/c1-2-26(24,25)21-9-12-8-15-19-20-16(22(15)11-13(12)10-21)17(23)18-14-6-4-3-5-7-14/h3-7,12-13H,2,8-11H2,1H3,(H,18,23). The second-order valence-corrected chi connectivity index (χ2v) is 9.07. The third-order valence-electron chi connectivity index (χ3n) is 5.23. The SMILES string of the molecule is CCS(=O)(=O)N1CC2Cc3nnc(C(=O)Nc4ccccc4)n3CC2C1. The van der Waals surface area contributed by atoms with E-state index < -0.39 is 10.0 Å². The van der Waals surface area contributed by atoms with Crippen molar-refractivity contribution in [3.63, 3.8) is 0 Å². The molecule has 0 radical (unpaired) electrons. The molecule has 2 atom stereocenters. The number of carbonyl (C=O) groups is 1. The lowest BCUT2D eigenvalue weighted by Crippen LogP contribution is -2.31. The normalized spacial score (nSPS) is 22.7. The van der Waals surface area contributed by atoms with Crippen molar-refractivity contribution in [2.75, 3.05) is 24.2 Å². The van der Waals surface area contributed by atoms with E-state index in [0.29, 0.717) is 31.7 Å². The minimum Gasteiger partial charge on any atom is -0.319 e. The van der Waals surface area contributed by atoms with Crippen LogP contribution in [0.4, 0.5) is 5.69 Å². The first-order valence-corrected chi connectivity index (χ1v) is 10.3. The van der Waals surface area contributed by atoms with Gasteiger partial charge in [-0.05, 0) is 30.9 Å². The number of amides is 1. The van der Waals surface area contributed by atoms with Crippen molar-refractivity contribution >= 4 is 21.6 Å². The second-order valence-electron chi connectivity index (χ2n) is 6.81. The van der Waals surface area contributed by atoms with Crippen LogP contribution in [0, 0.1) is 11.8 Å². The zero-order chi connectivity index (χ0) is 18.3. The van der Waals surface area contributed by atoms with Gasteiger partial charge in [0.1, 0.15) is 5.82 Å². The molecule has 1 amide bonds. The molecule has 2 aliphatic rings. The Balaban J connectivity index is 1.53. The monoisotopic (exact) mass is 375 g/mol. The molecule has 2 aliphatic heterocycles. The van der Waals surface area contributed by atoms with Gasteiger partial charge in [0, 0.05) is 31.7 Å². The molecule has 1 aromatic carbocycles. The Kier molecular flexibility index (Phi) is 4.28. The third-order valence-corrected chi connectivity index (χ3v) is 7.04. The zero-order valence-electron chi connectivity index (χ0n) is 14.5. The van der Waals surface area contributed by atoms with Crippen LogP contribution in [0.2, 0.25) is 0 Å². The van der Waals surface area contributed by atoms with Crippen molar-refractivity contribution < 1.29 is 13.2 Å². The third kappa shape index (κ3) is 3.01. The van der Waals surface area contributed by atoms with E-state index in [9.17, 15) is 13.2 Å². The molecule has 26 heavy (non-hydrogen) atoms. The van der Waals surface area contributed by atoms with Crippen molar-refractivity contribution in [2.24, 2.45) is 11.8 Å². The second kappa shape index (κ2) is 6.48. The molecule has 8 nitrogen and oxygen atoms in total. The molecule has 4 rings (SSSR count). The summed E-state index contributed by atoms with van der Waals surface area (Å²) in [7, 11) is -3.18. The highest BCUT2D eigenvalue weighted by atomic mass is 32.2. The molecular weight excluding hydrogens is 354 g/mol. The number of carbonyl (C=O) groups excluding carboxylic acids is 1. The van der Waals surface area contributed by atoms with Gasteiger partial charge in [0.2, 0.25) is 15.8 Å². The van der Waals surface area contributed by atoms with Crippen molar-refractivity contribution in [1.29, 1.82) is 0 Å². The van der Waals surface area contributed by atoms with Gasteiger partial charge in [-0.15, -0.1) is 10.2 Å². The number of hydrogen-bond donors (Lipinski definition) is 1. The summed E-state index contributed by atoms with van der Waals surface area (Å²) in [4.78, 5) is 12.6. The van der Waals surface area contributed by atoms with Crippen LogP contribution in [0.1, 0.15) is 23.4 Å². The van der Waals surface area contributed by atoms with Gasteiger partial charge in [0.25, 0.3) is 5.91 Å². The number of aromatic nitrogens is 3. The summed E-state index contributed by atoms with van der Waals surface area (Å²) in [5.41, 5.74) is 0.699. The Morgan fingerprint density at radius 3 is 2.62 bits per heavy atom. The Hall–Kier alpha value is -2.26. The van der Waals surface area contributed by atoms with Gasteiger partial charge in [-0.1, -0.05) is 18.2 Å². The topological polar surface area (TPSA) is 97.2 Å². The number of anilines is 1. The molecule has 0 saturated carbocycles. The quantitative estimate of drug-likeness (QED) is 0.859. The summed E-state index contributed by atoms with van der Waals surface area (Å²) < 4.78 is 27.7. The zero-order valence-corrected chi connectivity index (χ0v) is 15.3. The van der Waals surface area contributed by atoms with E-state index in [2.05, 4.69) is 15.5 Å². The van der Waals surface area contributed by atoms with Gasteiger partial charge < -0.3 is 9.88 Å². The highest BCUT2D eigenvalue weighted by Crippen LogP contribution is 2.34. The largest absolute Gasteiger partial charge is 0.319 e. The molecule has 0 bridgehead atoms. The summed E-state index contributed by atoms with van der Waals surface area (Å²) in [6.07, 6.45) is 0.645. The Bertz CT molecular complexity index is 925. The molecule has 9 heteroatoms. The van der Waals surface area contributed by atoms with Gasteiger partial charge >= 0.3 is 0 Å². The van der Waals surface area contributed by atoms with Gasteiger partial charge in [-0.25, -0.2) is 12.7 Å². The fraction of sp³-hybridized carbons (Fsp3) is 0.471. The molecule has 1 N–H and O–H groups in total. The molecular formula is C17H21N5O3S. The van der Waals surface area contributed by atoms with E-state index in [0.717, 1.165) is 5.82 Å². The summed E-state index contributed by atoms with van der Waals surface area (Å²) in [6, 6.07) is 9.20. The average Bonchev–Trinajstić information content (AvgIpc) is 3.24. The van der Waals surface area contributed by atoms with Gasteiger partial charge in [-0.2, -0.15) is 0 Å². The molecule has 0 aliphatic carbocycles.